The lowest BCUT2D eigenvalue weighted by molar-refractivity contribution is 0.197. The number of aliphatic hydroxyl groups excluding tert-OH is 1. The maximum absolute atomic E-state index is 9.04. The lowest BCUT2D eigenvalue weighted by Gasteiger charge is -2.18. The third kappa shape index (κ3) is 2.94. The number of hydrogen-bond donors (Lipinski definition) is 2. The predicted molar refractivity (Wildman–Crippen MR) is 96.8 cm³/mol. The SMILES string of the molecule is NC1=CC2=NCCCC2=C/C1=N\c1c(OCCO)nn2ccccc12. The molecule has 0 bridgehead atoms. The summed E-state index contributed by atoms with van der Waals surface area (Å²) in [5.41, 5.74) is 11.0. The molecule has 0 aromatic carbocycles. The summed E-state index contributed by atoms with van der Waals surface area (Å²) in [4.78, 5) is 9.24. The van der Waals surface area contributed by atoms with Gasteiger partial charge in [-0.25, -0.2) is 9.51 Å². The van der Waals surface area contributed by atoms with Crippen LogP contribution in [-0.4, -0.2) is 45.9 Å². The molecule has 1 aliphatic carbocycles. The van der Waals surface area contributed by atoms with Crippen LogP contribution in [0.4, 0.5) is 5.69 Å². The molecular weight excluding hydrogens is 318 g/mol. The molecular formula is C18H19N5O2. The number of fused-ring (bicyclic) bond motifs is 2. The van der Waals surface area contributed by atoms with Crippen LogP contribution in [0.1, 0.15) is 12.8 Å². The van der Waals surface area contributed by atoms with E-state index in [2.05, 4.69) is 10.1 Å². The van der Waals surface area contributed by atoms with Gasteiger partial charge < -0.3 is 15.6 Å². The number of hydrogen-bond acceptors (Lipinski definition) is 6. The van der Waals surface area contributed by atoms with Gasteiger partial charge in [-0.1, -0.05) is 6.07 Å². The van der Waals surface area contributed by atoms with Crippen molar-refractivity contribution in [1.29, 1.82) is 0 Å². The van der Waals surface area contributed by atoms with Crippen LogP contribution in [0.2, 0.25) is 0 Å². The molecule has 7 heteroatoms. The highest BCUT2D eigenvalue weighted by Gasteiger charge is 2.20. The average molecular weight is 337 g/mol. The Kier molecular flexibility index (Phi) is 4.07. The van der Waals surface area contributed by atoms with Crippen LogP contribution in [0.25, 0.3) is 5.52 Å². The number of aliphatic imine (C=N–C) groups is 2. The molecule has 0 unspecified atom stereocenters. The Morgan fingerprint density at radius 1 is 1.32 bits per heavy atom. The van der Waals surface area contributed by atoms with Crippen molar-refractivity contribution >= 4 is 22.6 Å². The van der Waals surface area contributed by atoms with Gasteiger partial charge in [0.2, 0.25) is 0 Å². The minimum Gasteiger partial charge on any atom is -0.473 e. The van der Waals surface area contributed by atoms with Gasteiger partial charge in [0.05, 0.1) is 29.2 Å². The van der Waals surface area contributed by atoms with Gasteiger partial charge in [-0.15, -0.1) is 5.10 Å². The molecule has 2 aromatic rings. The van der Waals surface area contributed by atoms with Crippen LogP contribution < -0.4 is 10.5 Å². The zero-order valence-corrected chi connectivity index (χ0v) is 13.7. The Morgan fingerprint density at radius 3 is 3.12 bits per heavy atom. The summed E-state index contributed by atoms with van der Waals surface area (Å²) in [7, 11) is 0. The molecule has 0 spiro atoms. The van der Waals surface area contributed by atoms with Gasteiger partial charge in [0.25, 0.3) is 5.88 Å². The maximum atomic E-state index is 9.04. The fourth-order valence-corrected chi connectivity index (χ4v) is 2.98. The summed E-state index contributed by atoms with van der Waals surface area (Å²) in [6, 6.07) is 5.72. The quantitative estimate of drug-likeness (QED) is 0.831. The molecule has 4 rings (SSSR count). The van der Waals surface area contributed by atoms with E-state index in [-0.39, 0.29) is 13.2 Å². The van der Waals surface area contributed by atoms with Gasteiger partial charge in [-0.05, 0) is 42.7 Å². The second kappa shape index (κ2) is 6.52. The number of aliphatic hydroxyl groups is 1. The van der Waals surface area contributed by atoms with E-state index in [1.807, 2.05) is 36.5 Å². The Morgan fingerprint density at radius 2 is 2.24 bits per heavy atom. The standard InChI is InChI=1S/C18H19N5O2/c19-13-11-14-12(4-3-6-20-14)10-15(13)21-17-16-5-1-2-7-23(16)22-18(17)25-9-8-24/h1-2,5,7,10-11,24H,3-4,6,8-9,19H2/b21-15+. The van der Waals surface area contributed by atoms with E-state index < -0.39 is 0 Å². The van der Waals surface area contributed by atoms with Gasteiger partial charge in [0.1, 0.15) is 6.61 Å². The van der Waals surface area contributed by atoms with Crippen molar-refractivity contribution in [2.45, 2.75) is 12.8 Å². The smallest absolute Gasteiger partial charge is 0.260 e. The number of nitrogens with zero attached hydrogens (tertiary/aromatic N) is 4. The number of allylic oxidation sites excluding steroid dienone is 3. The fraction of sp³-hybridized carbons (Fsp3) is 0.278. The molecule has 3 heterocycles. The van der Waals surface area contributed by atoms with Crippen molar-refractivity contribution in [2.24, 2.45) is 15.7 Å². The highest BCUT2D eigenvalue weighted by molar-refractivity contribution is 6.24. The van der Waals surface area contributed by atoms with E-state index in [0.717, 1.165) is 36.2 Å². The number of nitrogens with two attached hydrogens (primary N) is 1. The minimum atomic E-state index is -0.0875. The normalized spacial score (nSPS) is 18.6. The van der Waals surface area contributed by atoms with Crippen molar-refractivity contribution < 1.29 is 9.84 Å². The Hall–Kier alpha value is -2.93. The van der Waals surface area contributed by atoms with Gasteiger partial charge in [0.15, 0.2) is 5.69 Å². The van der Waals surface area contributed by atoms with Gasteiger partial charge in [-0.3, -0.25) is 4.99 Å². The first-order valence-electron chi connectivity index (χ1n) is 8.29. The molecule has 0 atom stereocenters. The third-order valence-corrected chi connectivity index (χ3v) is 4.16. The molecule has 2 aromatic heterocycles. The summed E-state index contributed by atoms with van der Waals surface area (Å²) in [6.07, 6.45) is 7.72. The first-order valence-corrected chi connectivity index (χ1v) is 8.29. The van der Waals surface area contributed by atoms with Crippen molar-refractivity contribution in [3.8, 4) is 5.88 Å². The Balaban J connectivity index is 1.81. The monoisotopic (exact) mass is 337 g/mol. The van der Waals surface area contributed by atoms with E-state index >= 15 is 0 Å². The number of rotatable bonds is 4. The molecule has 0 saturated heterocycles. The Labute approximate surface area is 144 Å². The molecule has 3 N–H and O–H groups in total. The van der Waals surface area contributed by atoms with Crippen LogP contribution in [0.15, 0.2) is 57.8 Å². The highest BCUT2D eigenvalue weighted by Crippen LogP contribution is 2.33. The lowest BCUT2D eigenvalue weighted by Crippen LogP contribution is -2.21. The van der Waals surface area contributed by atoms with Crippen molar-refractivity contribution in [1.82, 2.24) is 9.61 Å². The second-order valence-corrected chi connectivity index (χ2v) is 5.89. The van der Waals surface area contributed by atoms with E-state index in [4.69, 9.17) is 20.6 Å². The molecule has 0 amide bonds. The highest BCUT2D eigenvalue weighted by atomic mass is 16.5. The van der Waals surface area contributed by atoms with Gasteiger partial charge in [-0.2, -0.15) is 0 Å². The van der Waals surface area contributed by atoms with Crippen molar-refractivity contribution in [2.75, 3.05) is 19.8 Å². The van der Waals surface area contributed by atoms with Crippen LogP contribution in [-0.2, 0) is 0 Å². The first kappa shape index (κ1) is 15.6. The van der Waals surface area contributed by atoms with E-state index in [9.17, 15) is 0 Å². The molecule has 128 valence electrons. The van der Waals surface area contributed by atoms with E-state index in [1.165, 1.54) is 0 Å². The van der Waals surface area contributed by atoms with Crippen molar-refractivity contribution in [3.63, 3.8) is 0 Å². The summed E-state index contributed by atoms with van der Waals surface area (Å²) in [5, 5.41) is 13.4. The molecule has 0 radical (unpaired) electrons. The summed E-state index contributed by atoms with van der Waals surface area (Å²) >= 11 is 0. The van der Waals surface area contributed by atoms with Gasteiger partial charge >= 0.3 is 0 Å². The molecule has 7 nitrogen and oxygen atoms in total. The summed E-state index contributed by atoms with van der Waals surface area (Å²) in [6.45, 7) is 0.914. The Bertz CT molecular complexity index is 936. The number of aromatic nitrogens is 2. The van der Waals surface area contributed by atoms with Crippen molar-refractivity contribution in [3.05, 3.63) is 47.8 Å². The van der Waals surface area contributed by atoms with Crippen LogP contribution in [0.5, 0.6) is 5.88 Å². The first-order chi connectivity index (χ1) is 12.3. The molecule has 0 fully saturated rings. The number of ether oxygens (including phenoxy) is 1. The van der Waals surface area contributed by atoms with Crippen LogP contribution in [0, 0.1) is 0 Å². The number of pyridine rings is 1. The molecule has 1 aliphatic heterocycles. The van der Waals surface area contributed by atoms with E-state index in [1.54, 1.807) is 4.52 Å². The maximum Gasteiger partial charge on any atom is 0.260 e. The summed E-state index contributed by atoms with van der Waals surface area (Å²) < 4.78 is 7.26. The lowest BCUT2D eigenvalue weighted by atomic mass is 9.94. The second-order valence-electron chi connectivity index (χ2n) is 5.89. The van der Waals surface area contributed by atoms with Gasteiger partial charge in [0, 0.05) is 12.7 Å². The van der Waals surface area contributed by atoms with Crippen LogP contribution in [0.3, 0.4) is 0 Å². The average Bonchev–Trinajstić information content (AvgIpc) is 2.98. The predicted octanol–water partition coefficient (Wildman–Crippen LogP) is 1.80. The molecule has 0 saturated carbocycles. The fourth-order valence-electron chi connectivity index (χ4n) is 2.98. The van der Waals surface area contributed by atoms with Crippen LogP contribution >= 0.6 is 0 Å². The topological polar surface area (TPSA) is 97.5 Å². The van der Waals surface area contributed by atoms with E-state index in [0.29, 0.717) is 23.0 Å². The minimum absolute atomic E-state index is 0.0875. The summed E-state index contributed by atoms with van der Waals surface area (Å²) in [5.74, 6) is 0.377. The zero-order valence-electron chi connectivity index (χ0n) is 13.7. The molecule has 25 heavy (non-hydrogen) atoms. The third-order valence-electron chi connectivity index (χ3n) is 4.16. The zero-order chi connectivity index (χ0) is 17.2. The molecule has 2 aliphatic rings. The largest absolute Gasteiger partial charge is 0.473 e.